The third-order valence-corrected chi connectivity index (χ3v) is 7.00. The summed E-state index contributed by atoms with van der Waals surface area (Å²) in [6, 6.07) is 7.36. The Morgan fingerprint density at radius 1 is 1.10 bits per heavy atom. The van der Waals surface area contributed by atoms with Crippen molar-refractivity contribution in [2.75, 3.05) is 6.54 Å². The lowest BCUT2D eigenvalue weighted by Gasteiger charge is -2.35. The molecule has 2 aliphatic rings. The molecule has 1 N–H and O–H groups in total. The van der Waals surface area contributed by atoms with Crippen LogP contribution in [0.2, 0.25) is 0 Å². The second-order valence-corrected chi connectivity index (χ2v) is 8.38. The lowest BCUT2D eigenvalue weighted by Crippen LogP contribution is -2.45. The standard InChI is InChI=1S/C16H23NO3S/c18-15-8-5-13(6-9-15)4-7-14-3-1-2-12-17(14)21(19,20)16-10-11-16/h5-6,8-9,14,16,18H,1-4,7,10-12H2/t14-/m0/s1. The first-order valence-electron chi connectivity index (χ1n) is 7.86. The van der Waals surface area contributed by atoms with Crippen LogP contribution in [-0.2, 0) is 16.4 Å². The van der Waals surface area contributed by atoms with Gasteiger partial charge in [0.25, 0.3) is 0 Å². The summed E-state index contributed by atoms with van der Waals surface area (Å²) in [6.07, 6.45) is 6.49. The van der Waals surface area contributed by atoms with Crippen molar-refractivity contribution in [3.05, 3.63) is 29.8 Å². The number of nitrogens with zero attached hydrogens (tertiary/aromatic N) is 1. The average molecular weight is 309 g/mol. The molecule has 116 valence electrons. The van der Waals surface area contributed by atoms with E-state index in [1.807, 2.05) is 12.1 Å². The molecule has 0 amide bonds. The molecular formula is C16H23NO3S. The summed E-state index contributed by atoms with van der Waals surface area (Å²) < 4.78 is 26.8. The zero-order valence-electron chi connectivity index (χ0n) is 12.2. The van der Waals surface area contributed by atoms with Crippen molar-refractivity contribution in [2.45, 2.75) is 56.2 Å². The maximum Gasteiger partial charge on any atom is 0.217 e. The maximum atomic E-state index is 12.5. The number of sulfonamides is 1. The minimum Gasteiger partial charge on any atom is -0.508 e. The van der Waals surface area contributed by atoms with Crippen molar-refractivity contribution in [2.24, 2.45) is 0 Å². The molecule has 2 fully saturated rings. The molecule has 1 aromatic carbocycles. The lowest BCUT2D eigenvalue weighted by atomic mass is 9.98. The van der Waals surface area contributed by atoms with Crippen LogP contribution < -0.4 is 0 Å². The Labute approximate surface area is 126 Å². The summed E-state index contributed by atoms with van der Waals surface area (Å²) in [4.78, 5) is 0. The predicted octanol–water partition coefficient (Wildman–Crippen LogP) is 2.67. The maximum absolute atomic E-state index is 12.5. The number of hydrogen-bond acceptors (Lipinski definition) is 3. The lowest BCUT2D eigenvalue weighted by molar-refractivity contribution is 0.240. The highest BCUT2D eigenvalue weighted by atomic mass is 32.2. The highest BCUT2D eigenvalue weighted by molar-refractivity contribution is 7.90. The van der Waals surface area contributed by atoms with Crippen molar-refractivity contribution in [1.29, 1.82) is 0 Å². The minimum atomic E-state index is -3.06. The molecule has 3 rings (SSSR count). The Balaban J connectivity index is 1.65. The van der Waals surface area contributed by atoms with Crippen molar-refractivity contribution in [1.82, 2.24) is 4.31 Å². The van der Waals surface area contributed by atoms with E-state index < -0.39 is 10.0 Å². The van der Waals surface area contributed by atoms with Gasteiger partial charge in [-0.2, -0.15) is 4.31 Å². The van der Waals surface area contributed by atoms with Crippen LogP contribution in [0.3, 0.4) is 0 Å². The van der Waals surface area contributed by atoms with Gasteiger partial charge in [-0.25, -0.2) is 8.42 Å². The average Bonchev–Trinajstić information content (AvgIpc) is 3.32. The van der Waals surface area contributed by atoms with Gasteiger partial charge in [0.05, 0.1) is 5.25 Å². The Hall–Kier alpha value is -1.07. The summed E-state index contributed by atoms with van der Waals surface area (Å²) >= 11 is 0. The molecule has 0 aromatic heterocycles. The quantitative estimate of drug-likeness (QED) is 0.910. The van der Waals surface area contributed by atoms with E-state index in [-0.39, 0.29) is 17.0 Å². The van der Waals surface area contributed by atoms with Crippen LogP contribution in [0.1, 0.15) is 44.1 Å². The Bertz CT molecular complexity index is 578. The van der Waals surface area contributed by atoms with Gasteiger partial charge in [-0.15, -0.1) is 0 Å². The first-order valence-corrected chi connectivity index (χ1v) is 9.36. The predicted molar refractivity (Wildman–Crippen MR) is 82.7 cm³/mol. The van der Waals surface area contributed by atoms with Crippen LogP contribution in [-0.4, -0.2) is 35.7 Å². The molecule has 1 heterocycles. The van der Waals surface area contributed by atoms with Crippen molar-refractivity contribution < 1.29 is 13.5 Å². The summed E-state index contributed by atoms with van der Waals surface area (Å²) in [5, 5.41) is 9.20. The van der Waals surface area contributed by atoms with Gasteiger partial charge in [0.15, 0.2) is 0 Å². The molecule has 1 saturated heterocycles. The van der Waals surface area contributed by atoms with Crippen molar-refractivity contribution in [3.8, 4) is 5.75 Å². The molecule has 1 atom stereocenters. The topological polar surface area (TPSA) is 57.6 Å². The van der Waals surface area contributed by atoms with E-state index in [1.165, 1.54) is 0 Å². The van der Waals surface area contributed by atoms with Crippen LogP contribution in [0.25, 0.3) is 0 Å². The van der Waals surface area contributed by atoms with Gasteiger partial charge >= 0.3 is 0 Å². The van der Waals surface area contributed by atoms with Gasteiger partial charge in [-0.05, 0) is 56.2 Å². The third-order valence-electron chi connectivity index (χ3n) is 4.55. The third kappa shape index (κ3) is 3.40. The molecule has 0 unspecified atom stereocenters. The fourth-order valence-electron chi connectivity index (χ4n) is 3.15. The molecule has 1 aromatic rings. The van der Waals surface area contributed by atoms with Gasteiger partial charge in [-0.3, -0.25) is 0 Å². The van der Waals surface area contributed by atoms with Gasteiger partial charge < -0.3 is 5.11 Å². The zero-order chi connectivity index (χ0) is 14.9. The van der Waals surface area contributed by atoms with E-state index >= 15 is 0 Å². The second-order valence-electron chi connectivity index (χ2n) is 6.21. The highest BCUT2D eigenvalue weighted by Crippen LogP contribution is 2.35. The molecule has 1 aliphatic heterocycles. The summed E-state index contributed by atoms with van der Waals surface area (Å²) in [6.45, 7) is 0.694. The molecule has 5 heteroatoms. The van der Waals surface area contributed by atoms with Gasteiger partial charge in [0, 0.05) is 12.6 Å². The van der Waals surface area contributed by atoms with E-state index in [9.17, 15) is 13.5 Å². The second kappa shape index (κ2) is 5.97. The smallest absolute Gasteiger partial charge is 0.217 e. The molecule has 0 radical (unpaired) electrons. The Kier molecular flexibility index (Phi) is 4.22. The van der Waals surface area contributed by atoms with E-state index in [2.05, 4.69) is 0 Å². The summed E-state index contributed by atoms with van der Waals surface area (Å²) in [5.41, 5.74) is 1.15. The number of benzene rings is 1. The Morgan fingerprint density at radius 3 is 2.48 bits per heavy atom. The van der Waals surface area contributed by atoms with E-state index in [0.29, 0.717) is 6.54 Å². The van der Waals surface area contributed by atoms with E-state index in [1.54, 1.807) is 16.4 Å². The Morgan fingerprint density at radius 2 is 1.81 bits per heavy atom. The summed E-state index contributed by atoms with van der Waals surface area (Å²) in [5.74, 6) is 0.273. The zero-order valence-corrected chi connectivity index (χ0v) is 13.1. The van der Waals surface area contributed by atoms with Crippen LogP contribution in [0, 0.1) is 0 Å². The molecular weight excluding hydrogens is 286 g/mol. The molecule has 21 heavy (non-hydrogen) atoms. The number of piperidine rings is 1. The minimum absolute atomic E-state index is 0.105. The number of aryl methyl sites for hydroxylation is 1. The van der Waals surface area contributed by atoms with E-state index in [0.717, 1.165) is 50.5 Å². The molecule has 4 nitrogen and oxygen atoms in total. The molecule has 0 bridgehead atoms. The molecule has 0 spiro atoms. The van der Waals surface area contributed by atoms with Crippen molar-refractivity contribution >= 4 is 10.0 Å². The fourth-order valence-corrected chi connectivity index (χ4v) is 5.28. The van der Waals surface area contributed by atoms with Crippen LogP contribution in [0.5, 0.6) is 5.75 Å². The monoisotopic (exact) mass is 309 g/mol. The van der Waals surface area contributed by atoms with Gasteiger partial charge in [0.1, 0.15) is 5.75 Å². The first kappa shape index (κ1) is 14.9. The number of hydrogen-bond donors (Lipinski definition) is 1. The number of phenolic OH excluding ortho intramolecular Hbond substituents is 1. The van der Waals surface area contributed by atoms with Crippen LogP contribution in [0.15, 0.2) is 24.3 Å². The number of aromatic hydroxyl groups is 1. The van der Waals surface area contributed by atoms with Gasteiger partial charge in [-0.1, -0.05) is 18.6 Å². The van der Waals surface area contributed by atoms with Crippen LogP contribution in [0.4, 0.5) is 0 Å². The summed E-state index contributed by atoms with van der Waals surface area (Å²) in [7, 11) is -3.06. The largest absolute Gasteiger partial charge is 0.508 e. The first-order chi connectivity index (χ1) is 10.1. The van der Waals surface area contributed by atoms with Gasteiger partial charge in [0.2, 0.25) is 10.0 Å². The number of rotatable bonds is 5. The fraction of sp³-hybridized carbons (Fsp3) is 0.625. The normalized spacial score (nSPS) is 24.1. The van der Waals surface area contributed by atoms with Crippen LogP contribution >= 0.6 is 0 Å². The van der Waals surface area contributed by atoms with E-state index in [4.69, 9.17) is 0 Å². The SMILES string of the molecule is O=S(=O)(C1CC1)N1CCCC[C@H]1CCc1ccc(O)cc1. The molecule has 1 aliphatic carbocycles. The van der Waals surface area contributed by atoms with Crippen molar-refractivity contribution in [3.63, 3.8) is 0 Å². The molecule has 1 saturated carbocycles. The number of phenols is 1. The highest BCUT2D eigenvalue weighted by Gasteiger charge is 2.43.